The minimum absolute atomic E-state index is 0.00729. The van der Waals surface area contributed by atoms with Gasteiger partial charge in [-0.3, -0.25) is 4.79 Å². The zero-order valence-corrected chi connectivity index (χ0v) is 12.3. The zero-order chi connectivity index (χ0) is 14.4. The van der Waals surface area contributed by atoms with Crippen LogP contribution in [0, 0.1) is 12.8 Å². The van der Waals surface area contributed by atoms with E-state index in [0.717, 1.165) is 11.1 Å². The average molecular weight is 275 g/mol. The number of rotatable bonds is 5. The van der Waals surface area contributed by atoms with Gasteiger partial charge in [0, 0.05) is 18.2 Å². The topological polar surface area (TPSA) is 49.3 Å². The quantitative estimate of drug-likeness (QED) is 0.867. The van der Waals surface area contributed by atoms with Crippen molar-refractivity contribution < 1.29 is 9.90 Å². The van der Waals surface area contributed by atoms with Crippen LogP contribution in [0.15, 0.2) is 24.3 Å². The van der Waals surface area contributed by atoms with Crippen molar-refractivity contribution in [3.05, 3.63) is 35.4 Å². The molecule has 1 fully saturated rings. The lowest BCUT2D eigenvalue weighted by Gasteiger charge is -2.30. The molecule has 2 rings (SSSR count). The highest BCUT2D eigenvalue weighted by molar-refractivity contribution is 5.95. The SMILES string of the molecule is Cc1ccccc1C(=O)NC(CCO)C1CCCCC1. The minimum atomic E-state index is -0.00729. The van der Waals surface area contributed by atoms with E-state index in [0.29, 0.717) is 12.3 Å². The normalized spacial score (nSPS) is 17.7. The minimum Gasteiger partial charge on any atom is -0.396 e. The van der Waals surface area contributed by atoms with Crippen molar-refractivity contribution >= 4 is 5.91 Å². The Labute approximate surface area is 121 Å². The second-order valence-corrected chi connectivity index (χ2v) is 5.81. The molecule has 2 N–H and O–H groups in total. The molecule has 0 spiro atoms. The lowest BCUT2D eigenvalue weighted by molar-refractivity contribution is 0.0899. The lowest BCUT2D eigenvalue weighted by atomic mass is 9.82. The fourth-order valence-corrected chi connectivity index (χ4v) is 3.18. The molecule has 1 aliphatic carbocycles. The van der Waals surface area contributed by atoms with Crippen LogP contribution in [0.4, 0.5) is 0 Å². The maximum absolute atomic E-state index is 12.4. The lowest BCUT2D eigenvalue weighted by Crippen LogP contribution is -2.42. The van der Waals surface area contributed by atoms with E-state index in [4.69, 9.17) is 0 Å². The Balaban J connectivity index is 2.03. The summed E-state index contributed by atoms with van der Waals surface area (Å²) in [5, 5.41) is 12.4. The summed E-state index contributed by atoms with van der Waals surface area (Å²) in [6.07, 6.45) is 6.77. The number of hydrogen-bond acceptors (Lipinski definition) is 2. The van der Waals surface area contributed by atoms with Crippen LogP contribution in [0.25, 0.3) is 0 Å². The van der Waals surface area contributed by atoms with Crippen molar-refractivity contribution in [2.45, 2.75) is 51.5 Å². The van der Waals surface area contributed by atoms with Gasteiger partial charge in [0.25, 0.3) is 5.91 Å². The van der Waals surface area contributed by atoms with Gasteiger partial charge in [-0.05, 0) is 43.7 Å². The van der Waals surface area contributed by atoms with E-state index in [9.17, 15) is 9.90 Å². The summed E-state index contributed by atoms with van der Waals surface area (Å²) >= 11 is 0. The van der Waals surface area contributed by atoms with Crippen LogP contribution in [-0.2, 0) is 0 Å². The monoisotopic (exact) mass is 275 g/mol. The zero-order valence-electron chi connectivity index (χ0n) is 12.3. The molecule has 1 atom stereocenters. The first-order valence-corrected chi connectivity index (χ1v) is 7.69. The number of aliphatic hydroxyl groups excluding tert-OH is 1. The van der Waals surface area contributed by atoms with Gasteiger partial charge in [0.1, 0.15) is 0 Å². The van der Waals surface area contributed by atoms with Gasteiger partial charge in [-0.25, -0.2) is 0 Å². The summed E-state index contributed by atoms with van der Waals surface area (Å²) in [5.74, 6) is 0.510. The maximum Gasteiger partial charge on any atom is 0.251 e. The molecular formula is C17H25NO2. The van der Waals surface area contributed by atoms with Crippen LogP contribution < -0.4 is 5.32 Å². The number of nitrogens with one attached hydrogen (secondary N) is 1. The molecule has 0 bridgehead atoms. The highest BCUT2D eigenvalue weighted by Gasteiger charge is 2.25. The van der Waals surface area contributed by atoms with E-state index in [1.165, 1.54) is 32.1 Å². The van der Waals surface area contributed by atoms with Crippen molar-refractivity contribution in [1.29, 1.82) is 0 Å². The number of hydrogen-bond donors (Lipinski definition) is 2. The summed E-state index contributed by atoms with van der Waals surface area (Å²) in [6.45, 7) is 2.09. The van der Waals surface area contributed by atoms with Crippen molar-refractivity contribution in [3.8, 4) is 0 Å². The van der Waals surface area contributed by atoms with Crippen molar-refractivity contribution in [3.63, 3.8) is 0 Å². The largest absolute Gasteiger partial charge is 0.396 e. The summed E-state index contributed by atoms with van der Waals surface area (Å²) in [4.78, 5) is 12.4. The first-order chi connectivity index (χ1) is 9.72. The molecule has 0 heterocycles. The van der Waals surface area contributed by atoms with Crippen LogP contribution in [-0.4, -0.2) is 23.7 Å². The van der Waals surface area contributed by atoms with E-state index in [1.807, 2.05) is 31.2 Å². The molecule has 1 amide bonds. The van der Waals surface area contributed by atoms with E-state index in [1.54, 1.807) is 0 Å². The van der Waals surface area contributed by atoms with Crippen LogP contribution in [0.5, 0.6) is 0 Å². The Morgan fingerprint density at radius 1 is 1.30 bits per heavy atom. The third-order valence-electron chi connectivity index (χ3n) is 4.37. The molecule has 0 aliphatic heterocycles. The summed E-state index contributed by atoms with van der Waals surface area (Å²) in [6, 6.07) is 7.76. The molecule has 3 nitrogen and oxygen atoms in total. The maximum atomic E-state index is 12.4. The first-order valence-electron chi connectivity index (χ1n) is 7.69. The Kier molecular flexibility index (Phi) is 5.60. The molecule has 1 aromatic carbocycles. The van der Waals surface area contributed by atoms with Gasteiger partial charge in [0.2, 0.25) is 0 Å². The van der Waals surface area contributed by atoms with Gasteiger partial charge in [0.05, 0.1) is 0 Å². The summed E-state index contributed by atoms with van der Waals surface area (Å²) < 4.78 is 0. The number of carbonyl (C=O) groups is 1. The van der Waals surface area contributed by atoms with Crippen LogP contribution in [0.1, 0.15) is 54.4 Å². The number of carbonyl (C=O) groups excluding carboxylic acids is 1. The molecule has 0 saturated heterocycles. The Morgan fingerprint density at radius 2 is 2.00 bits per heavy atom. The average Bonchev–Trinajstić information content (AvgIpc) is 2.48. The van der Waals surface area contributed by atoms with Gasteiger partial charge in [-0.2, -0.15) is 0 Å². The van der Waals surface area contributed by atoms with E-state index < -0.39 is 0 Å². The van der Waals surface area contributed by atoms with Crippen LogP contribution in [0.2, 0.25) is 0 Å². The number of amides is 1. The highest BCUT2D eigenvalue weighted by atomic mass is 16.3. The Bertz CT molecular complexity index is 438. The molecule has 1 aliphatic rings. The van der Waals surface area contributed by atoms with Gasteiger partial charge >= 0.3 is 0 Å². The molecular weight excluding hydrogens is 250 g/mol. The second-order valence-electron chi connectivity index (χ2n) is 5.81. The Morgan fingerprint density at radius 3 is 2.65 bits per heavy atom. The fourth-order valence-electron chi connectivity index (χ4n) is 3.18. The summed E-state index contributed by atoms with van der Waals surface area (Å²) in [5.41, 5.74) is 1.74. The predicted octanol–water partition coefficient (Wildman–Crippen LogP) is 3.06. The molecule has 3 heteroatoms. The van der Waals surface area contributed by atoms with E-state index in [-0.39, 0.29) is 18.6 Å². The highest BCUT2D eigenvalue weighted by Crippen LogP contribution is 2.28. The molecule has 0 aromatic heterocycles. The standard InChI is InChI=1S/C17H25NO2/c1-13-7-5-6-10-15(13)17(20)18-16(11-12-19)14-8-3-2-4-9-14/h5-7,10,14,16,19H,2-4,8-9,11-12H2,1H3,(H,18,20). The van der Waals surface area contributed by atoms with E-state index in [2.05, 4.69) is 5.32 Å². The summed E-state index contributed by atoms with van der Waals surface area (Å²) in [7, 11) is 0. The number of aryl methyl sites for hydroxylation is 1. The van der Waals surface area contributed by atoms with Crippen molar-refractivity contribution in [2.24, 2.45) is 5.92 Å². The first kappa shape index (κ1) is 15.0. The third kappa shape index (κ3) is 3.83. The Hall–Kier alpha value is -1.35. The number of benzene rings is 1. The molecule has 1 saturated carbocycles. The smallest absolute Gasteiger partial charge is 0.251 e. The van der Waals surface area contributed by atoms with Crippen molar-refractivity contribution in [2.75, 3.05) is 6.61 Å². The fraction of sp³-hybridized carbons (Fsp3) is 0.588. The third-order valence-corrected chi connectivity index (χ3v) is 4.37. The van der Waals surface area contributed by atoms with Crippen LogP contribution in [0.3, 0.4) is 0 Å². The predicted molar refractivity (Wildman–Crippen MR) is 80.7 cm³/mol. The van der Waals surface area contributed by atoms with Gasteiger partial charge < -0.3 is 10.4 Å². The molecule has 20 heavy (non-hydrogen) atoms. The van der Waals surface area contributed by atoms with Crippen LogP contribution >= 0.6 is 0 Å². The second kappa shape index (κ2) is 7.44. The van der Waals surface area contributed by atoms with Gasteiger partial charge in [-0.1, -0.05) is 37.5 Å². The van der Waals surface area contributed by atoms with E-state index >= 15 is 0 Å². The molecule has 0 radical (unpaired) electrons. The van der Waals surface area contributed by atoms with Crippen molar-refractivity contribution in [1.82, 2.24) is 5.32 Å². The molecule has 1 unspecified atom stereocenters. The van der Waals surface area contributed by atoms with Gasteiger partial charge in [-0.15, -0.1) is 0 Å². The number of aliphatic hydroxyl groups is 1. The van der Waals surface area contributed by atoms with Gasteiger partial charge in [0.15, 0.2) is 0 Å². The molecule has 1 aromatic rings. The molecule has 110 valence electrons.